The Kier molecular flexibility index (Phi) is 4.10. The zero-order valence-corrected chi connectivity index (χ0v) is 17.4. The third-order valence-electron chi connectivity index (χ3n) is 4.78. The molecule has 2 nitrogen and oxygen atoms in total. The van der Waals surface area contributed by atoms with Gasteiger partial charge in [-0.3, -0.25) is 0 Å². The summed E-state index contributed by atoms with van der Waals surface area (Å²) in [6.07, 6.45) is 0. The van der Waals surface area contributed by atoms with E-state index < -0.39 is 0 Å². The van der Waals surface area contributed by atoms with Crippen LogP contribution < -0.4 is 0 Å². The van der Waals surface area contributed by atoms with Crippen LogP contribution >= 0.6 is 31.9 Å². The molecule has 0 unspecified atom stereocenters. The Morgan fingerprint density at radius 1 is 0.667 bits per heavy atom. The van der Waals surface area contributed by atoms with Crippen LogP contribution in [-0.2, 0) is 0 Å². The molecule has 0 radical (unpaired) electrons. The second-order valence-corrected chi connectivity index (χ2v) is 8.02. The smallest absolute Gasteiger partial charge is 0.108 e. The largest absolute Gasteiger partial charge is 0.309 e. The molecule has 0 amide bonds. The molecule has 0 saturated carbocycles. The number of nitrogens with zero attached hydrogens (tertiary/aromatic N) is 2. The van der Waals surface area contributed by atoms with Gasteiger partial charge in [0.05, 0.1) is 11.0 Å². The maximum atomic E-state index is 4.39. The molecule has 0 fully saturated rings. The molecule has 0 aliphatic heterocycles. The van der Waals surface area contributed by atoms with E-state index in [1.54, 1.807) is 0 Å². The van der Waals surface area contributed by atoms with Crippen LogP contribution in [0.3, 0.4) is 0 Å². The van der Waals surface area contributed by atoms with E-state index in [9.17, 15) is 0 Å². The number of pyridine rings is 1. The first-order valence-electron chi connectivity index (χ1n) is 8.63. The van der Waals surface area contributed by atoms with Crippen LogP contribution in [-0.4, -0.2) is 9.55 Å². The molecule has 0 N–H and O–H groups in total. The Hall–Kier alpha value is -2.43. The Balaban J connectivity index is 1.97. The van der Waals surface area contributed by atoms with Gasteiger partial charge in [0.2, 0.25) is 0 Å². The first kappa shape index (κ1) is 16.7. The van der Waals surface area contributed by atoms with E-state index in [-0.39, 0.29) is 0 Å². The van der Waals surface area contributed by atoms with Gasteiger partial charge in [-0.25, -0.2) is 4.98 Å². The van der Waals surface area contributed by atoms with E-state index in [0.717, 1.165) is 20.5 Å². The Morgan fingerprint density at radius 3 is 2.11 bits per heavy atom. The lowest BCUT2D eigenvalue weighted by Gasteiger charge is -2.12. The number of rotatable bonds is 2. The molecule has 27 heavy (non-hydrogen) atoms. The monoisotopic (exact) mass is 476 g/mol. The minimum Gasteiger partial charge on any atom is -0.309 e. The second-order valence-electron chi connectivity index (χ2n) is 6.39. The number of benzene rings is 3. The van der Waals surface area contributed by atoms with Crippen LogP contribution in [0.5, 0.6) is 0 Å². The molecular formula is C23H14Br2N2. The van der Waals surface area contributed by atoms with Crippen molar-refractivity contribution in [3.63, 3.8) is 0 Å². The highest BCUT2D eigenvalue weighted by Gasteiger charge is 2.16. The quantitative estimate of drug-likeness (QED) is 0.242. The number of hydrogen-bond donors (Lipinski definition) is 0. The van der Waals surface area contributed by atoms with Crippen molar-refractivity contribution in [3.05, 3.63) is 94.1 Å². The molecular weight excluding hydrogens is 464 g/mol. The molecule has 130 valence electrons. The summed E-state index contributed by atoms with van der Waals surface area (Å²) in [7, 11) is 0. The lowest BCUT2D eigenvalue weighted by atomic mass is 10.0. The van der Waals surface area contributed by atoms with Crippen molar-refractivity contribution in [2.24, 2.45) is 0 Å². The van der Waals surface area contributed by atoms with E-state index in [2.05, 4.69) is 126 Å². The summed E-state index contributed by atoms with van der Waals surface area (Å²) in [5.74, 6) is 0. The van der Waals surface area contributed by atoms with Crippen molar-refractivity contribution in [2.75, 3.05) is 0 Å². The van der Waals surface area contributed by atoms with Gasteiger partial charge in [0.1, 0.15) is 9.21 Å². The van der Waals surface area contributed by atoms with E-state index in [1.165, 1.54) is 27.4 Å². The zero-order valence-electron chi connectivity index (χ0n) is 14.2. The summed E-state index contributed by atoms with van der Waals surface area (Å²) in [4.78, 5) is 4.39. The van der Waals surface area contributed by atoms with Gasteiger partial charge >= 0.3 is 0 Å². The van der Waals surface area contributed by atoms with Gasteiger partial charge in [0.15, 0.2) is 0 Å². The average Bonchev–Trinajstić information content (AvgIpc) is 3.02. The molecule has 0 atom stereocenters. The fraction of sp³-hybridized carbons (Fsp3) is 0. The fourth-order valence-corrected chi connectivity index (χ4v) is 4.83. The molecule has 2 aromatic heterocycles. The lowest BCUT2D eigenvalue weighted by Crippen LogP contribution is -1.95. The summed E-state index contributed by atoms with van der Waals surface area (Å²) >= 11 is 7.05. The molecule has 0 aliphatic rings. The van der Waals surface area contributed by atoms with Gasteiger partial charge in [-0.15, -0.1) is 0 Å². The maximum absolute atomic E-state index is 4.39. The molecule has 4 heteroatoms. The maximum Gasteiger partial charge on any atom is 0.108 e. The second kappa shape index (κ2) is 6.63. The normalized spacial score (nSPS) is 11.3. The van der Waals surface area contributed by atoms with Crippen molar-refractivity contribution in [3.8, 4) is 16.8 Å². The summed E-state index contributed by atoms with van der Waals surface area (Å²) in [6.45, 7) is 0. The van der Waals surface area contributed by atoms with Crippen molar-refractivity contribution in [1.82, 2.24) is 9.55 Å². The van der Waals surface area contributed by atoms with E-state index in [1.807, 2.05) is 0 Å². The van der Waals surface area contributed by atoms with Crippen LogP contribution in [0.15, 0.2) is 94.1 Å². The average molecular weight is 478 g/mol. The van der Waals surface area contributed by atoms with Gasteiger partial charge in [-0.1, -0.05) is 54.6 Å². The van der Waals surface area contributed by atoms with Gasteiger partial charge in [-0.2, -0.15) is 0 Å². The van der Waals surface area contributed by atoms with E-state index in [0.29, 0.717) is 0 Å². The highest BCUT2D eigenvalue weighted by Crippen LogP contribution is 2.38. The molecule has 0 bridgehead atoms. The first-order chi connectivity index (χ1) is 13.2. The minimum atomic E-state index is 0.811. The van der Waals surface area contributed by atoms with E-state index in [4.69, 9.17) is 0 Å². The highest BCUT2D eigenvalue weighted by atomic mass is 79.9. The number of para-hydroxylation sites is 3. The summed E-state index contributed by atoms with van der Waals surface area (Å²) in [5, 5.41) is 2.50. The fourth-order valence-electron chi connectivity index (χ4n) is 3.72. The molecule has 3 aromatic carbocycles. The summed E-state index contributed by atoms with van der Waals surface area (Å²) < 4.78 is 3.97. The molecule has 2 heterocycles. The van der Waals surface area contributed by atoms with Gasteiger partial charge in [0.25, 0.3) is 0 Å². The number of fused-ring (bicyclic) bond motifs is 3. The van der Waals surface area contributed by atoms with Crippen LogP contribution in [0, 0.1) is 0 Å². The Labute approximate surface area is 173 Å². The van der Waals surface area contributed by atoms with Crippen molar-refractivity contribution >= 4 is 53.7 Å². The zero-order chi connectivity index (χ0) is 18.4. The Bertz CT molecular complexity index is 1270. The van der Waals surface area contributed by atoms with Crippen molar-refractivity contribution in [2.45, 2.75) is 0 Å². The van der Waals surface area contributed by atoms with E-state index >= 15 is 0 Å². The predicted molar refractivity (Wildman–Crippen MR) is 119 cm³/mol. The molecule has 5 rings (SSSR count). The number of hydrogen-bond acceptors (Lipinski definition) is 1. The number of halogens is 2. The molecule has 0 aliphatic carbocycles. The highest BCUT2D eigenvalue weighted by molar-refractivity contribution is 9.11. The van der Waals surface area contributed by atoms with Gasteiger partial charge in [-0.05, 0) is 67.8 Å². The molecule has 0 spiro atoms. The van der Waals surface area contributed by atoms with Crippen molar-refractivity contribution in [1.29, 1.82) is 0 Å². The summed E-state index contributed by atoms with van der Waals surface area (Å²) in [5.41, 5.74) is 5.86. The topological polar surface area (TPSA) is 17.8 Å². The predicted octanol–water partition coefficient (Wildman–Crippen LogP) is 7.37. The van der Waals surface area contributed by atoms with Crippen LogP contribution in [0.4, 0.5) is 0 Å². The number of aromatic nitrogens is 2. The van der Waals surface area contributed by atoms with Crippen molar-refractivity contribution < 1.29 is 0 Å². The van der Waals surface area contributed by atoms with Crippen LogP contribution in [0.2, 0.25) is 0 Å². The molecule has 0 saturated heterocycles. The SMILES string of the molecule is Brc1cc(-c2cccc3c4ccccc4n(-c4ccccc4)c23)cc(Br)n1. The Morgan fingerprint density at radius 2 is 1.33 bits per heavy atom. The third-order valence-corrected chi connectivity index (χ3v) is 5.60. The van der Waals surface area contributed by atoms with Gasteiger partial charge < -0.3 is 4.57 Å². The van der Waals surface area contributed by atoms with Crippen LogP contribution in [0.1, 0.15) is 0 Å². The summed E-state index contributed by atoms with van der Waals surface area (Å²) in [6, 6.07) is 29.7. The third kappa shape index (κ3) is 2.80. The minimum absolute atomic E-state index is 0.811. The standard InChI is InChI=1S/C23H14Br2N2/c24-21-13-15(14-22(25)26-21)17-10-6-11-19-18-9-4-5-12-20(18)27(23(17)19)16-7-2-1-3-8-16/h1-14H. The first-order valence-corrected chi connectivity index (χ1v) is 10.2. The lowest BCUT2D eigenvalue weighted by molar-refractivity contribution is 1.18. The van der Waals surface area contributed by atoms with Crippen LogP contribution in [0.25, 0.3) is 38.6 Å². The molecule has 5 aromatic rings. The van der Waals surface area contributed by atoms with Gasteiger partial charge in [0, 0.05) is 22.0 Å².